The summed E-state index contributed by atoms with van der Waals surface area (Å²) >= 11 is 3.38. The number of carbonyl (C=O) groups is 2. The van der Waals surface area contributed by atoms with E-state index in [1.54, 1.807) is 24.3 Å². The number of rotatable bonds is 6. The van der Waals surface area contributed by atoms with Gasteiger partial charge in [0.1, 0.15) is 0 Å². The third-order valence-electron chi connectivity index (χ3n) is 4.13. The topological polar surface area (TPSA) is 34.1 Å². The van der Waals surface area contributed by atoms with Crippen LogP contribution in [0.4, 0.5) is 0 Å². The number of hydrogen-bond donors (Lipinski definition) is 0. The molecule has 0 fully saturated rings. The van der Waals surface area contributed by atoms with Gasteiger partial charge in [0.05, 0.1) is 5.92 Å². The zero-order chi connectivity index (χ0) is 17.6. The van der Waals surface area contributed by atoms with Crippen LogP contribution in [0.15, 0.2) is 89.4 Å². The lowest BCUT2D eigenvalue weighted by Gasteiger charge is -2.16. The highest BCUT2D eigenvalue weighted by Gasteiger charge is 2.25. The standard InChI is InChI=1S/C22H17BrO2/c23-19-13-11-18(12-14-19)22(25)20(16-7-3-1-4-8-16)15-21(24)17-9-5-2-6-10-17/h1-14,20H,15H2. The molecule has 0 bridgehead atoms. The van der Waals surface area contributed by atoms with Crippen LogP contribution < -0.4 is 0 Å². The second-order valence-electron chi connectivity index (χ2n) is 5.83. The summed E-state index contributed by atoms with van der Waals surface area (Å²) in [5.74, 6) is -0.557. The van der Waals surface area contributed by atoms with Gasteiger partial charge in [0.2, 0.25) is 0 Å². The van der Waals surface area contributed by atoms with Crippen molar-refractivity contribution in [1.82, 2.24) is 0 Å². The lowest BCUT2D eigenvalue weighted by Crippen LogP contribution is -2.17. The summed E-state index contributed by atoms with van der Waals surface area (Å²) in [4.78, 5) is 25.7. The van der Waals surface area contributed by atoms with E-state index >= 15 is 0 Å². The van der Waals surface area contributed by atoms with E-state index in [4.69, 9.17) is 0 Å². The number of benzene rings is 3. The van der Waals surface area contributed by atoms with Crippen molar-refractivity contribution in [1.29, 1.82) is 0 Å². The molecule has 25 heavy (non-hydrogen) atoms. The Bertz CT molecular complexity index is 856. The zero-order valence-corrected chi connectivity index (χ0v) is 15.1. The number of halogens is 1. The van der Waals surface area contributed by atoms with Crippen molar-refractivity contribution in [3.8, 4) is 0 Å². The predicted octanol–water partition coefficient (Wildman–Crippen LogP) is 5.69. The molecule has 3 rings (SSSR count). The van der Waals surface area contributed by atoms with E-state index in [1.807, 2.05) is 60.7 Å². The van der Waals surface area contributed by atoms with Crippen LogP contribution in [0, 0.1) is 0 Å². The summed E-state index contributed by atoms with van der Waals surface area (Å²) in [7, 11) is 0. The highest BCUT2D eigenvalue weighted by molar-refractivity contribution is 9.10. The second-order valence-corrected chi connectivity index (χ2v) is 6.74. The van der Waals surface area contributed by atoms with E-state index in [9.17, 15) is 9.59 Å². The number of ketones is 2. The fourth-order valence-corrected chi connectivity index (χ4v) is 3.05. The first-order valence-corrected chi connectivity index (χ1v) is 8.87. The van der Waals surface area contributed by atoms with Gasteiger partial charge in [-0.05, 0) is 17.7 Å². The second kappa shape index (κ2) is 8.04. The molecule has 1 atom stereocenters. The van der Waals surface area contributed by atoms with Crippen molar-refractivity contribution in [2.45, 2.75) is 12.3 Å². The summed E-state index contributed by atoms with van der Waals surface area (Å²) in [5.41, 5.74) is 2.10. The lowest BCUT2D eigenvalue weighted by atomic mass is 9.85. The maximum absolute atomic E-state index is 13.1. The molecule has 0 aliphatic rings. The fraction of sp³-hybridized carbons (Fsp3) is 0.0909. The Kier molecular flexibility index (Phi) is 5.56. The van der Waals surface area contributed by atoms with Crippen LogP contribution in [0.1, 0.15) is 38.6 Å². The van der Waals surface area contributed by atoms with E-state index in [0.29, 0.717) is 11.1 Å². The highest BCUT2D eigenvalue weighted by Crippen LogP contribution is 2.27. The molecule has 0 saturated carbocycles. The van der Waals surface area contributed by atoms with Crippen molar-refractivity contribution in [3.05, 3.63) is 106 Å². The lowest BCUT2D eigenvalue weighted by molar-refractivity contribution is 0.0893. The molecular weight excluding hydrogens is 376 g/mol. The van der Waals surface area contributed by atoms with E-state index in [-0.39, 0.29) is 18.0 Å². The molecule has 0 amide bonds. The quantitative estimate of drug-likeness (QED) is 0.505. The van der Waals surface area contributed by atoms with E-state index in [2.05, 4.69) is 15.9 Å². The third kappa shape index (κ3) is 4.31. The Morgan fingerprint density at radius 3 is 1.88 bits per heavy atom. The summed E-state index contributed by atoms with van der Waals surface area (Å²) in [6, 6.07) is 25.9. The van der Waals surface area contributed by atoms with E-state index < -0.39 is 5.92 Å². The Morgan fingerprint density at radius 1 is 0.720 bits per heavy atom. The van der Waals surface area contributed by atoms with Gasteiger partial charge in [-0.1, -0.05) is 88.7 Å². The molecule has 0 aliphatic carbocycles. The molecule has 0 radical (unpaired) electrons. The van der Waals surface area contributed by atoms with Gasteiger partial charge in [-0.2, -0.15) is 0 Å². The summed E-state index contributed by atoms with van der Waals surface area (Å²) in [6.07, 6.45) is 0.156. The molecule has 0 spiro atoms. The fourth-order valence-electron chi connectivity index (χ4n) is 2.79. The van der Waals surface area contributed by atoms with Crippen LogP contribution in [0.2, 0.25) is 0 Å². The van der Waals surface area contributed by atoms with Gasteiger partial charge in [-0.15, -0.1) is 0 Å². The molecule has 0 heterocycles. The van der Waals surface area contributed by atoms with Crippen molar-refractivity contribution in [2.24, 2.45) is 0 Å². The maximum atomic E-state index is 13.1. The van der Waals surface area contributed by atoms with Gasteiger partial charge in [0.25, 0.3) is 0 Å². The Labute approximate surface area is 155 Å². The van der Waals surface area contributed by atoms with Gasteiger partial charge in [0, 0.05) is 22.0 Å². The predicted molar refractivity (Wildman–Crippen MR) is 103 cm³/mol. The normalized spacial score (nSPS) is 11.7. The SMILES string of the molecule is O=C(CC(C(=O)c1ccc(Br)cc1)c1ccccc1)c1ccccc1. The average Bonchev–Trinajstić information content (AvgIpc) is 2.67. The van der Waals surface area contributed by atoms with Crippen molar-refractivity contribution in [2.75, 3.05) is 0 Å². The minimum Gasteiger partial charge on any atom is -0.294 e. The van der Waals surface area contributed by atoms with Crippen LogP contribution in [0.5, 0.6) is 0 Å². The van der Waals surface area contributed by atoms with E-state index in [1.165, 1.54) is 0 Å². The molecule has 1 unspecified atom stereocenters. The van der Waals surface area contributed by atoms with Gasteiger partial charge in [0.15, 0.2) is 11.6 Å². The monoisotopic (exact) mass is 392 g/mol. The van der Waals surface area contributed by atoms with Gasteiger partial charge in [-0.25, -0.2) is 0 Å². The van der Waals surface area contributed by atoms with Crippen molar-refractivity contribution >= 4 is 27.5 Å². The largest absolute Gasteiger partial charge is 0.294 e. The van der Waals surface area contributed by atoms with Crippen LogP contribution >= 0.6 is 15.9 Å². The highest BCUT2D eigenvalue weighted by atomic mass is 79.9. The minimum absolute atomic E-state index is 0.0279. The summed E-state index contributed by atoms with van der Waals surface area (Å²) in [6.45, 7) is 0. The number of hydrogen-bond acceptors (Lipinski definition) is 2. The smallest absolute Gasteiger partial charge is 0.170 e. The van der Waals surface area contributed by atoms with Crippen molar-refractivity contribution in [3.63, 3.8) is 0 Å². The first-order chi connectivity index (χ1) is 12.1. The van der Waals surface area contributed by atoms with Crippen molar-refractivity contribution < 1.29 is 9.59 Å². The molecule has 0 N–H and O–H groups in total. The average molecular weight is 393 g/mol. The Morgan fingerprint density at radius 2 is 1.28 bits per heavy atom. The molecule has 2 nitrogen and oxygen atoms in total. The van der Waals surface area contributed by atoms with E-state index in [0.717, 1.165) is 10.0 Å². The molecule has 3 aromatic rings. The minimum atomic E-state index is -0.491. The molecule has 3 heteroatoms. The molecule has 0 saturated heterocycles. The molecular formula is C22H17BrO2. The van der Waals surface area contributed by atoms with Crippen LogP contribution in [0.25, 0.3) is 0 Å². The molecule has 124 valence electrons. The molecule has 0 aromatic heterocycles. The van der Waals surface area contributed by atoms with Gasteiger partial charge in [-0.3, -0.25) is 9.59 Å². The number of carbonyl (C=O) groups excluding carboxylic acids is 2. The summed E-state index contributed by atoms with van der Waals surface area (Å²) in [5, 5.41) is 0. The van der Waals surface area contributed by atoms with Crippen LogP contribution in [-0.2, 0) is 0 Å². The molecule has 0 aliphatic heterocycles. The first-order valence-electron chi connectivity index (χ1n) is 8.08. The number of Topliss-reactive ketones (excluding diaryl/α,β-unsaturated/α-hetero) is 2. The third-order valence-corrected chi connectivity index (χ3v) is 4.66. The first kappa shape index (κ1) is 17.3. The molecule has 3 aromatic carbocycles. The van der Waals surface area contributed by atoms with Crippen LogP contribution in [-0.4, -0.2) is 11.6 Å². The summed E-state index contributed by atoms with van der Waals surface area (Å²) < 4.78 is 0.917. The Balaban J connectivity index is 1.91. The van der Waals surface area contributed by atoms with Gasteiger partial charge < -0.3 is 0 Å². The maximum Gasteiger partial charge on any atom is 0.170 e. The Hall–Kier alpha value is -2.52. The van der Waals surface area contributed by atoms with Crippen LogP contribution in [0.3, 0.4) is 0 Å². The van der Waals surface area contributed by atoms with Gasteiger partial charge >= 0.3 is 0 Å². The zero-order valence-electron chi connectivity index (χ0n) is 13.6.